The van der Waals surface area contributed by atoms with Crippen LogP contribution in [-0.2, 0) is 13.0 Å². The zero-order chi connectivity index (χ0) is 10.5. The summed E-state index contributed by atoms with van der Waals surface area (Å²) in [5.41, 5.74) is 0. The Hall–Kier alpha value is -0.840. The molecule has 0 aliphatic carbocycles. The van der Waals surface area contributed by atoms with Gasteiger partial charge in [0.1, 0.15) is 5.82 Å². The molecule has 0 bridgehead atoms. The average Bonchev–Trinajstić information content (AvgIpc) is 2.84. The van der Waals surface area contributed by atoms with E-state index in [1.54, 1.807) is 17.5 Å². The summed E-state index contributed by atoms with van der Waals surface area (Å²) in [6.45, 7) is 1.79. The van der Waals surface area contributed by atoms with Gasteiger partial charge in [-0.3, -0.25) is 0 Å². The van der Waals surface area contributed by atoms with Crippen LogP contribution >= 0.6 is 22.9 Å². The van der Waals surface area contributed by atoms with Gasteiger partial charge in [0.2, 0.25) is 0 Å². The average molecular weight is 242 g/mol. The van der Waals surface area contributed by atoms with E-state index in [1.807, 2.05) is 17.6 Å². The lowest BCUT2D eigenvalue weighted by Crippen LogP contribution is -2.16. The van der Waals surface area contributed by atoms with E-state index in [0.29, 0.717) is 0 Å². The Morgan fingerprint density at radius 1 is 1.53 bits per heavy atom. The van der Waals surface area contributed by atoms with Crippen molar-refractivity contribution in [3.8, 4) is 0 Å². The van der Waals surface area contributed by atoms with Crippen LogP contribution in [-0.4, -0.2) is 16.5 Å². The summed E-state index contributed by atoms with van der Waals surface area (Å²) in [5.74, 6) is 1.02. The van der Waals surface area contributed by atoms with Crippen LogP contribution in [0.25, 0.3) is 0 Å². The van der Waals surface area contributed by atoms with Gasteiger partial charge in [-0.1, -0.05) is 11.6 Å². The van der Waals surface area contributed by atoms with Gasteiger partial charge in [-0.15, -0.1) is 11.3 Å². The van der Waals surface area contributed by atoms with Gasteiger partial charge in [-0.05, 0) is 6.07 Å². The number of halogens is 1. The van der Waals surface area contributed by atoms with E-state index in [1.165, 1.54) is 4.88 Å². The molecular formula is C10H12ClN3S. The van der Waals surface area contributed by atoms with Gasteiger partial charge in [0, 0.05) is 42.2 Å². The van der Waals surface area contributed by atoms with Gasteiger partial charge in [-0.2, -0.15) is 0 Å². The van der Waals surface area contributed by atoms with Gasteiger partial charge in [0.25, 0.3) is 0 Å². The number of aromatic amines is 1. The van der Waals surface area contributed by atoms with Crippen molar-refractivity contribution in [2.24, 2.45) is 0 Å². The first-order chi connectivity index (χ1) is 7.34. The summed E-state index contributed by atoms with van der Waals surface area (Å²) in [4.78, 5) is 8.48. The Morgan fingerprint density at radius 3 is 3.13 bits per heavy atom. The topological polar surface area (TPSA) is 40.7 Å². The lowest BCUT2D eigenvalue weighted by molar-refractivity contribution is 0.680. The fraction of sp³-hybridized carbons (Fsp3) is 0.300. The van der Waals surface area contributed by atoms with E-state index in [9.17, 15) is 0 Å². The minimum absolute atomic E-state index is 0.822. The molecule has 2 aromatic heterocycles. The highest BCUT2D eigenvalue weighted by atomic mass is 35.5. The zero-order valence-electron chi connectivity index (χ0n) is 8.16. The van der Waals surface area contributed by atoms with Crippen LogP contribution < -0.4 is 5.32 Å². The Balaban J connectivity index is 1.67. The molecule has 0 radical (unpaired) electrons. The second-order valence-electron chi connectivity index (χ2n) is 3.19. The van der Waals surface area contributed by atoms with E-state index >= 15 is 0 Å². The normalized spacial score (nSPS) is 10.7. The number of nitrogens with one attached hydrogen (secondary N) is 2. The number of thiophene rings is 1. The lowest BCUT2D eigenvalue weighted by Gasteiger charge is -2.00. The third kappa shape index (κ3) is 3.34. The van der Waals surface area contributed by atoms with Gasteiger partial charge in [0.05, 0.1) is 5.02 Å². The van der Waals surface area contributed by atoms with Crippen LogP contribution in [0.15, 0.2) is 23.8 Å². The lowest BCUT2D eigenvalue weighted by atomic mass is 10.4. The summed E-state index contributed by atoms with van der Waals surface area (Å²) < 4.78 is 0. The van der Waals surface area contributed by atoms with E-state index in [4.69, 9.17) is 11.6 Å². The molecule has 0 aliphatic heterocycles. The highest BCUT2D eigenvalue weighted by molar-refractivity contribution is 7.10. The minimum Gasteiger partial charge on any atom is -0.349 e. The molecule has 2 N–H and O–H groups in total. The molecule has 2 heterocycles. The largest absolute Gasteiger partial charge is 0.349 e. The van der Waals surface area contributed by atoms with Crippen LogP contribution in [0.1, 0.15) is 10.7 Å². The van der Waals surface area contributed by atoms with Crippen molar-refractivity contribution in [3.05, 3.63) is 39.6 Å². The quantitative estimate of drug-likeness (QED) is 0.790. The van der Waals surface area contributed by atoms with Crippen LogP contribution in [0.4, 0.5) is 0 Å². The molecule has 0 amide bonds. The number of imidazole rings is 1. The predicted molar refractivity (Wildman–Crippen MR) is 63.3 cm³/mol. The van der Waals surface area contributed by atoms with Gasteiger partial charge < -0.3 is 10.3 Å². The standard InChI is InChI=1S/C10H12ClN3S/c11-8-5-9(15-7-8)6-12-2-1-10-13-3-4-14-10/h3-5,7,12H,1-2,6H2,(H,13,14). The SMILES string of the molecule is Clc1csc(CNCCc2ncc[nH]2)c1. The third-order valence-electron chi connectivity index (χ3n) is 2.01. The van der Waals surface area contributed by atoms with Crippen LogP contribution in [0, 0.1) is 0 Å². The first-order valence-electron chi connectivity index (χ1n) is 4.76. The number of rotatable bonds is 5. The maximum Gasteiger partial charge on any atom is 0.107 e. The molecule has 0 aromatic carbocycles. The Labute approximate surface area is 97.5 Å². The first kappa shape index (κ1) is 10.7. The Kier molecular flexibility index (Phi) is 3.77. The summed E-state index contributed by atoms with van der Waals surface area (Å²) in [6, 6.07) is 1.99. The van der Waals surface area contributed by atoms with E-state index in [2.05, 4.69) is 15.3 Å². The number of H-pyrrole nitrogens is 1. The van der Waals surface area contributed by atoms with Crippen molar-refractivity contribution >= 4 is 22.9 Å². The van der Waals surface area contributed by atoms with Crippen molar-refractivity contribution in [2.75, 3.05) is 6.54 Å². The first-order valence-corrected chi connectivity index (χ1v) is 6.02. The van der Waals surface area contributed by atoms with Crippen molar-refractivity contribution in [2.45, 2.75) is 13.0 Å². The number of hydrogen-bond acceptors (Lipinski definition) is 3. The van der Waals surface area contributed by atoms with Crippen molar-refractivity contribution in [1.29, 1.82) is 0 Å². The van der Waals surface area contributed by atoms with Crippen molar-refractivity contribution < 1.29 is 0 Å². The third-order valence-corrected chi connectivity index (χ3v) is 3.30. The maximum absolute atomic E-state index is 5.82. The summed E-state index contributed by atoms with van der Waals surface area (Å²) in [6.07, 6.45) is 4.54. The molecule has 0 aliphatic rings. The van der Waals surface area contributed by atoms with Gasteiger partial charge in [-0.25, -0.2) is 4.98 Å². The molecule has 0 saturated heterocycles. The Morgan fingerprint density at radius 2 is 2.47 bits per heavy atom. The fourth-order valence-electron chi connectivity index (χ4n) is 1.30. The smallest absolute Gasteiger partial charge is 0.107 e. The maximum atomic E-state index is 5.82. The highest BCUT2D eigenvalue weighted by Crippen LogP contribution is 2.18. The summed E-state index contributed by atoms with van der Waals surface area (Å²) >= 11 is 7.50. The van der Waals surface area contributed by atoms with Gasteiger partial charge >= 0.3 is 0 Å². The number of hydrogen-bond donors (Lipinski definition) is 2. The molecule has 3 nitrogen and oxygen atoms in total. The molecule has 2 rings (SSSR count). The molecule has 0 unspecified atom stereocenters. The molecule has 0 spiro atoms. The molecule has 0 saturated carbocycles. The van der Waals surface area contributed by atoms with Crippen molar-refractivity contribution in [3.63, 3.8) is 0 Å². The minimum atomic E-state index is 0.822. The molecule has 15 heavy (non-hydrogen) atoms. The number of aromatic nitrogens is 2. The molecule has 5 heteroatoms. The zero-order valence-corrected chi connectivity index (χ0v) is 9.74. The Bertz CT molecular complexity index is 396. The summed E-state index contributed by atoms with van der Waals surface area (Å²) in [7, 11) is 0. The van der Waals surface area contributed by atoms with Crippen LogP contribution in [0.3, 0.4) is 0 Å². The molecule has 0 atom stereocenters. The van der Waals surface area contributed by atoms with E-state index in [0.717, 1.165) is 30.4 Å². The molecule has 0 fully saturated rings. The van der Waals surface area contributed by atoms with Gasteiger partial charge in [0.15, 0.2) is 0 Å². The fourth-order valence-corrected chi connectivity index (χ4v) is 2.34. The highest BCUT2D eigenvalue weighted by Gasteiger charge is 1.98. The van der Waals surface area contributed by atoms with Crippen molar-refractivity contribution in [1.82, 2.24) is 15.3 Å². The van der Waals surface area contributed by atoms with E-state index < -0.39 is 0 Å². The number of nitrogens with zero attached hydrogens (tertiary/aromatic N) is 1. The second-order valence-corrected chi connectivity index (χ2v) is 4.63. The summed E-state index contributed by atoms with van der Waals surface area (Å²) in [5, 5.41) is 6.12. The monoisotopic (exact) mass is 241 g/mol. The molecule has 80 valence electrons. The molecular weight excluding hydrogens is 230 g/mol. The molecule has 2 aromatic rings. The predicted octanol–water partition coefficient (Wildman–Crippen LogP) is 2.46. The van der Waals surface area contributed by atoms with E-state index in [-0.39, 0.29) is 0 Å². The van der Waals surface area contributed by atoms with Crippen LogP contribution in [0.2, 0.25) is 5.02 Å². The van der Waals surface area contributed by atoms with Crippen LogP contribution in [0.5, 0.6) is 0 Å². The second kappa shape index (κ2) is 5.30.